The number of hydrogen-bond donors (Lipinski definition) is 1. The van der Waals surface area contributed by atoms with Gasteiger partial charge >= 0.3 is 5.97 Å². The van der Waals surface area contributed by atoms with Crippen molar-refractivity contribution < 1.29 is 14.6 Å². The maximum Gasteiger partial charge on any atom is 0.354 e. The first-order valence-corrected chi connectivity index (χ1v) is 5.84. The van der Waals surface area contributed by atoms with E-state index in [0.29, 0.717) is 12.2 Å². The monoisotopic (exact) mass is 247 g/mol. The molecule has 0 amide bonds. The summed E-state index contributed by atoms with van der Waals surface area (Å²) in [7, 11) is 0. The average Bonchev–Trinajstić information content (AvgIpc) is 2.58. The number of ether oxygens (including phenoxy) is 1. The Kier molecular flexibility index (Phi) is 2.52. The molecule has 1 fully saturated rings. The number of nitrogens with zero attached hydrogens (tertiary/aromatic N) is 3. The fourth-order valence-corrected chi connectivity index (χ4v) is 2.08. The topological polar surface area (TPSA) is 77.2 Å². The number of imidazole rings is 1. The van der Waals surface area contributed by atoms with Gasteiger partial charge in [-0.2, -0.15) is 0 Å². The molecule has 6 heteroatoms. The molecule has 3 heterocycles. The first-order valence-electron chi connectivity index (χ1n) is 5.84. The lowest BCUT2D eigenvalue weighted by Gasteiger charge is -2.27. The van der Waals surface area contributed by atoms with Crippen molar-refractivity contribution in [3.63, 3.8) is 0 Å². The van der Waals surface area contributed by atoms with Crippen molar-refractivity contribution in [1.29, 1.82) is 0 Å². The third-order valence-electron chi connectivity index (χ3n) is 3.18. The Bertz CT molecular complexity index is 616. The molecule has 1 N–H and O–H groups in total. The normalized spacial score (nSPS) is 18.8. The number of carboxylic acids is 1. The number of pyridine rings is 1. The fourth-order valence-electron chi connectivity index (χ4n) is 2.08. The molecule has 1 aliphatic heterocycles. The van der Waals surface area contributed by atoms with Gasteiger partial charge in [-0.1, -0.05) is 0 Å². The van der Waals surface area contributed by atoms with Crippen molar-refractivity contribution in [1.82, 2.24) is 14.5 Å². The zero-order chi connectivity index (χ0) is 12.7. The van der Waals surface area contributed by atoms with Crippen molar-refractivity contribution in [3.8, 4) is 0 Å². The smallest absolute Gasteiger partial charge is 0.354 e. The Morgan fingerprint density at radius 3 is 2.94 bits per heavy atom. The highest BCUT2D eigenvalue weighted by Gasteiger charge is 2.21. The van der Waals surface area contributed by atoms with Gasteiger partial charge in [-0.05, 0) is 25.5 Å². The van der Waals surface area contributed by atoms with E-state index in [9.17, 15) is 4.79 Å². The minimum atomic E-state index is -1.03. The molecule has 1 saturated heterocycles. The van der Waals surface area contributed by atoms with Gasteiger partial charge < -0.3 is 14.4 Å². The minimum absolute atomic E-state index is 0.0400. The third-order valence-corrected chi connectivity index (χ3v) is 3.18. The van der Waals surface area contributed by atoms with Crippen LogP contribution in [0, 0.1) is 6.92 Å². The van der Waals surface area contributed by atoms with Crippen LogP contribution in [0.15, 0.2) is 12.1 Å². The maximum atomic E-state index is 10.9. The maximum absolute atomic E-state index is 10.9. The second-order valence-electron chi connectivity index (χ2n) is 4.40. The molecular weight excluding hydrogens is 234 g/mol. The molecule has 0 spiro atoms. The lowest BCUT2D eigenvalue weighted by atomic mass is 10.2. The minimum Gasteiger partial charge on any atom is -0.477 e. The van der Waals surface area contributed by atoms with Gasteiger partial charge in [-0.15, -0.1) is 0 Å². The van der Waals surface area contributed by atoms with Gasteiger partial charge in [-0.3, -0.25) is 0 Å². The molecule has 0 bridgehead atoms. The van der Waals surface area contributed by atoms with E-state index >= 15 is 0 Å². The van der Waals surface area contributed by atoms with Crippen LogP contribution in [0.1, 0.15) is 22.7 Å². The molecule has 1 atom stereocenters. The van der Waals surface area contributed by atoms with Crippen molar-refractivity contribution in [2.45, 2.75) is 26.0 Å². The van der Waals surface area contributed by atoms with Crippen molar-refractivity contribution >= 4 is 17.1 Å². The van der Waals surface area contributed by atoms with Gasteiger partial charge in [0, 0.05) is 6.61 Å². The molecule has 18 heavy (non-hydrogen) atoms. The van der Waals surface area contributed by atoms with Crippen molar-refractivity contribution in [2.24, 2.45) is 0 Å². The summed E-state index contributed by atoms with van der Waals surface area (Å²) < 4.78 is 7.32. The van der Waals surface area contributed by atoms with Gasteiger partial charge in [0.1, 0.15) is 11.3 Å². The molecule has 0 aliphatic carbocycles. The molecule has 1 aliphatic rings. The van der Waals surface area contributed by atoms with E-state index < -0.39 is 5.97 Å². The number of aromatic nitrogens is 3. The van der Waals surface area contributed by atoms with Crippen LogP contribution in [-0.2, 0) is 11.3 Å². The van der Waals surface area contributed by atoms with Crippen LogP contribution in [0.25, 0.3) is 11.2 Å². The predicted molar refractivity (Wildman–Crippen MR) is 63.6 cm³/mol. The van der Waals surface area contributed by atoms with Gasteiger partial charge in [0.25, 0.3) is 0 Å². The van der Waals surface area contributed by atoms with Crippen LogP contribution in [0.5, 0.6) is 0 Å². The van der Waals surface area contributed by atoms with E-state index in [-0.39, 0.29) is 11.8 Å². The molecule has 2 aromatic rings. The zero-order valence-electron chi connectivity index (χ0n) is 9.96. The number of hydrogen-bond acceptors (Lipinski definition) is 4. The van der Waals surface area contributed by atoms with Crippen LogP contribution < -0.4 is 0 Å². The Morgan fingerprint density at radius 2 is 2.33 bits per heavy atom. The second kappa shape index (κ2) is 4.06. The van der Waals surface area contributed by atoms with E-state index in [4.69, 9.17) is 9.84 Å². The summed E-state index contributed by atoms with van der Waals surface area (Å²) in [6, 6.07) is 3.16. The highest BCUT2D eigenvalue weighted by atomic mass is 16.5. The Labute approximate surface area is 103 Å². The summed E-state index contributed by atoms with van der Waals surface area (Å²) in [6.45, 7) is 3.36. The quantitative estimate of drug-likeness (QED) is 0.882. The van der Waals surface area contributed by atoms with Gasteiger partial charge in [0.2, 0.25) is 0 Å². The van der Waals surface area contributed by atoms with Crippen molar-refractivity contribution in [2.75, 3.05) is 6.61 Å². The zero-order valence-corrected chi connectivity index (χ0v) is 9.96. The SMILES string of the molecule is Cc1nc2ccc(C(=O)O)nc2n1CC1CCO1. The molecule has 2 aromatic heterocycles. The molecule has 3 rings (SSSR count). The standard InChI is InChI=1S/C12H13N3O3/c1-7-13-9-2-3-10(12(16)17)14-11(9)15(7)6-8-4-5-18-8/h2-3,8H,4-6H2,1H3,(H,16,17). The molecule has 0 aromatic carbocycles. The number of carbonyl (C=O) groups is 1. The van der Waals surface area contributed by atoms with Crippen LogP contribution in [-0.4, -0.2) is 38.3 Å². The number of aryl methyl sites for hydroxylation is 1. The Morgan fingerprint density at radius 1 is 1.56 bits per heavy atom. The predicted octanol–water partition coefficient (Wildman–Crippen LogP) is 1.23. The summed E-state index contributed by atoms with van der Waals surface area (Å²) in [5.41, 5.74) is 1.37. The molecule has 6 nitrogen and oxygen atoms in total. The summed E-state index contributed by atoms with van der Waals surface area (Å²) in [5.74, 6) is -0.197. The first-order chi connectivity index (χ1) is 8.65. The van der Waals surface area contributed by atoms with E-state index in [1.165, 1.54) is 6.07 Å². The Hall–Kier alpha value is -1.95. The van der Waals surface area contributed by atoms with E-state index in [2.05, 4.69) is 9.97 Å². The molecular formula is C12H13N3O3. The van der Waals surface area contributed by atoms with E-state index in [1.54, 1.807) is 6.07 Å². The van der Waals surface area contributed by atoms with Crippen LogP contribution >= 0.6 is 0 Å². The third kappa shape index (κ3) is 1.74. The Balaban J connectivity index is 2.06. The number of fused-ring (bicyclic) bond motifs is 1. The lowest BCUT2D eigenvalue weighted by molar-refractivity contribution is -0.0589. The highest BCUT2D eigenvalue weighted by molar-refractivity contribution is 5.88. The van der Waals surface area contributed by atoms with Gasteiger partial charge in [0.15, 0.2) is 11.3 Å². The average molecular weight is 247 g/mol. The van der Waals surface area contributed by atoms with Crippen molar-refractivity contribution in [3.05, 3.63) is 23.7 Å². The fraction of sp³-hybridized carbons (Fsp3) is 0.417. The first kappa shape index (κ1) is 11.2. The van der Waals surface area contributed by atoms with Crippen LogP contribution in [0.2, 0.25) is 0 Å². The summed E-state index contributed by atoms with van der Waals surface area (Å²) in [6.07, 6.45) is 1.22. The molecule has 0 saturated carbocycles. The summed E-state index contributed by atoms with van der Waals surface area (Å²) in [4.78, 5) is 19.5. The largest absolute Gasteiger partial charge is 0.477 e. The van der Waals surface area contributed by atoms with Gasteiger partial charge in [0.05, 0.1) is 12.6 Å². The summed E-state index contributed by atoms with van der Waals surface area (Å²) >= 11 is 0. The molecule has 0 radical (unpaired) electrons. The second-order valence-corrected chi connectivity index (χ2v) is 4.40. The van der Waals surface area contributed by atoms with Crippen LogP contribution in [0.3, 0.4) is 0 Å². The molecule has 94 valence electrons. The number of rotatable bonds is 3. The van der Waals surface area contributed by atoms with E-state index in [1.807, 2.05) is 11.5 Å². The van der Waals surface area contributed by atoms with Crippen LogP contribution in [0.4, 0.5) is 0 Å². The number of aromatic carboxylic acids is 1. The highest BCUT2D eigenvalue weighted by Crippen LogP contribution is 2.19. The van der Waals surface area contributed by atoms with E-state index in [0.717, 1.165) is 24.4 Å². The van der Waals surface area contributed by atoms with Gasteiger partial charge in [-0.25, -0.2) is 14.8 Å². The molecule has 1 unspecified atom stereocenters. The summed E-state index contributed by atoms with van der Waals surface area (Å²) in [5, 5.41) is 8.96. The lowest BCUT2D eigenvalue weighted by Crippen LogP contribution is -2.31. The number of carboxylic acid groups (broad SMARTS) is 1.